The second-order valence-electron chi connectivity index (χ2n) is 6.13. The largest absolute Gasteiger partial charge is 0.464 e. The van der Waals surface area contributed by atoms with Crippen molar-refractivity contribution >= 4 is 11.0 Å². The SMILES string of the molecule is c1ccc2c(CNC3CCN4CCCCC34)coc2c1. The third kappa shape index (κ3) is 2.15. The lowest BCUT2D eigenvalue weighted by Crippen LogP contribution is -2.44. The molecule has 2 unspecified atom stereocenters. The molecular formula is C17H22N2O. The number of furan rings is 1. The van der Waals surface area contributed by atoms with Gasteiger partial charge in [-0.05, 0) is 31.9 Å². The van der Waals surface area contributed by atoms with Crippen molar-refractivity contribution in [3.05, 3.63) is 36.1 Å². The number of piperidine rings is 1. The minimum Gasteiger partial charge on any atom is -0.464 e. The fraction of sp³-hybridized carbons (Fsp3) is 0.529. The number of hydrogen-bond donors (Lipinski definition) is 1. The molecule has 2 atom stereocenters. The highest BCUT2D eigenvalue weighted by Gasteiger charge is 2.34. The first-order chi connectivity index (χ1) is 9.92. The summed E-state index contributed by atoms with van der Waals surface area (Å²) in [5.41, 5.74) is 2.28. The molecule has 3 nitrogen and oxygen atoms in total. The van der Waals surface area contributed by atoms with Crippen LogP contribution in [0, 0.1) is 0 Å². The Morgan fingerprint density at radius 1 is 1.15 bits per heavy atom. The number of nitrogens with one attached hydrogen (secondary N) is 1. The highest BCUT2D eigenvalue weighted by molar-refractivity contribution is 5.80. The quantitative estimate of drug-likeness (QED) is 0.928. The maximum absolute atomic E-state index is 5.62. The zero-order chi connectivity index (χ0) is 13.4. The number of benzene rings is 1. The van der Waals surface area contributed by atoms with Crippen LogP contribution in [-0.4, -0.2) is 30.1 Å². The fourth-order valence-corrected chi connectivity index (χ4v) is 3.90. The Hall–Kier alpha value is -1.32. The third-order valence-electron chi connectivity index (χ3n) is 4.97. The number of para-hydroxylation sites is 1. The molecule has 4 rings (SSSR count). The van der Waals surface area contributed by atoms with Crippen LogP contribution in [0.5, 0.6) is 0 Å². The van der Waals surface area contributed by atoms with E-state index in [1.807, 2.05) is 18.4 Å². The molecule has 2 saturated heterocycles. The normalized spacial score (nSPS) is 27.0. The summed E-state index contributed by atoms with van der Waals surface area (Å²) in [4.78, 5) is 2.68. The van der Waals surface area contributed by atoms with E-state index < -0.39 is 0 Å². The summed E-state index contributed by atoms with van der Waals surface area (Å²) in [6.45, 7) is 3.50. The topological polar surface area (TPSA) is 28.4 Å². The zero-order valence-corrected chi connectivity index (χ0v) is 11.8. The first kappa shape index (κ1) is 12.4. The summed E-state index contributed by atoms with van der Waals surface area (Å²) in [7, 11) is 0. The van der Waals surface area contributed by atoms with Gasteiger partial charge in [0.25, 0.3) is 0 Å². The van der Waals surface area contributed by atoms with Gasteiger partial charge >= 0.3 is 0 Å². The van der Waals surface area contributed by atoms with Crippen LogP contribution >= 0.6 is 0 Å². The Balaban J connectivity index is 1.45. The zero-order valence-electron chi connectivity index (χ0n) is 11.8. The molecule has 2 fully saturated rings. The Morgan fingerprint density at radius 2 is 2.10 bits per heavy atom. The summed E-state index contributed by atoms with van der Waals surface area (Å²) in [6, 6.07) is 9.72. The van der Waals surface area contributed by atoms with E-state index in [1.165, 1.54) is 49.7 Å². The van der Waals surface area contributed by atoms with Gasteiger partial charge in [-0.15, -0.1) is 0 Å². The Bertz CT molecular complexity index is 591. The molecule has 1 N–H and O–H groups in total. The molecule has 0 saturated carbocycles. The van der Waals surface area contributed by atoms with Crippen molar-refractivity contribution < 1.29 is 4.42 Å². The van der Waals surface area contributed by atoms with Crippen molar-refractivity contribution in [3.63, 3.8) is 0 Å². The van der Waals surface area contributed by atoms with Crippen molar-refractivity contribution in [2.75, 3.05) is 13.1 Å². The van der Waals surface area contributed by atoms with E-state index in [0.717, 1.165) is 18.2 Å². The molecular weight excluding hydrogens is 248 g/mol. The van der Waals surface area contributed by atoms with E-state index in [-0.39, 0.29) is 0 Å². The second-order valence-corrected chi connectivity index (χ2v) is 6.13. The minimum atomic E-state index is 0.656. The highest BCUT2D eigenvalue weighted by Crippen LogP contribution is 2.28. The third-order valence-corrected chi connectivity index (χ3v) is 4.97. The summed E-state index contributed by atoms with van der Waals surface area (Å²) in [5, 5.41) is 5.02. The number of nitrogens with zero attached hydrogens (tertiary/aromatic N) is 1. The molecule has 2 aliphatic rings. The molecule has 3 heteroatoms. The Morgan fingerprint density at radius 3 is 3.10 bits per heavy atom. The van der Waals surface area contributed by atoms with Gasteiger partial charge in [0.05, 0.1) is 6.26 Å². The predicted octanol–water partition coefficient (Wildman–Crippen LogP) is 3.15. The van der Waals surface area contributed by atoms with E-state index in [4.69, 9.17) is 4.42 Å². The molecule has 1 aromatic carbocycles. The van der Waals surface area contributed by atoms with Crippen LogP contribution in [0.25, 0.3) is 11.0 Å². The van der Waals surface area contributed by atoms with Crippen molar-refractivity contribution in [1.82, 2.24) is 10.2 Å². The van der Waals surface area contributed by atoms with E-state index in [2.05, 4.69) is 22.3 Å². The summed E-state index contributed by atoms with van der Waals surface area (Å²) in [5.74, 6) is 0. The molecule has 0 spiro atoms. The van der Waals surface area contributed by atoms with E-state index in [1.54, 1.807) is 0 Å². The van der Waals surface area contributed by atoms with Gasteiger partial charge in [-0.3, -0.25) is 4.90 Å². The lowest BCUT2D eigenvalue weighted by Gasteiger charge is -2.32. The number of fused-ring (bicyclic) bond motifs is 2. The Labute approximate surface area is 119 Å². The number of rotatable bonds is 3. The molecule has 3 heterocycles. The summed E-state index contributed by atoms with van der Waals surface area (Å²) >= 11 is 0. The monoisotopic (exact) mass is 270 g/mol. The van der Waals surface area contributed by atoms with Gasteiger partial charge in [-0.1, -0.05) is 24.6 Å². The molecule has 0 amide bonds. The highest BCUT2D eigenvalue weighted by atomic mass is 16.3. The van der Waals surface area contributed by atoms with Crippen LogP contribution in [0.3, 0.4) is 0 Å². The maximum Gasteiger partial charge on any atom is 0.134 e. The van der Waals surface area contributed by atoms with Crippen LogP contribution in [0.4, 0.5) is 0 Å². The van der Waals surface area contributed by atoms with Gasteiger partial charge in [-0.2, -0.15) is 0 Å². The Kier molecular flexibility index (Phi) is 3.25. The predicted molar refractivity (Wildman–Crippen MR) is 80.7 cm³/mol. The minimum absolute atomic E-state index is 0.656. The average molecular weight is 270 g/mol. The molecule has 20 heavy (non-hydrogen) atoms. The van der Waals surface area contributed by atoms with Crippen molar-refractivity contribution in [3.8, 4) is 0 Å². The first-order valence-corrected chi connectivity index (χ1v) is 7.84. The second kappa shape index (κ2) is 5.23. The van der Waals surface area contributed by atoms with Crippen LogP contribution < -0.4 is 5.32 Å². The maximum atomic E-state index is 5.62. The lowest BCUT2D eigenvalue weighted by molar-refractivity contribution is 0.180. The van der Waals surface area contributed by atoms with Crippen molar-refractivity contribution in [1.29, 1.82) is 0 Å². The van der Waals surface area contributed by atoms with Crippen LogP contribution in [0.1, 0.15) is 31.2 Å². The number of hydrogen-bond acceptors (Lipinski definition) is 3. The van der Waals surface area contributed by atoms with Crippen molar-refractivity contribution in [2.24, 2.45) is 0 Å². The first-order valence-electron chi connectivity index (χ1n) is 7.84. The van der Waals surface area contributed by atoms with E-state index in [9.17, 15) is 0 Å². The molecule has 0 aliphatic carbocycles. The van der Waals surface area contributed by atoms with Gasteiger partial charge in [0.2, 0.25) is 0 Å². The van der Waals surface area contributed by atoms with Crippen LogP contribution in [0.2, 0.25) is 0 Å². The fourth-order valence-electron chi connectivity index (χ4n) is 3.90. The standard InChI is InChI=1S/C17H22N2O/c1-2-7-17-14(5-1)13(12-20-17)11-18-15-8-10-19-9-4-3-6-16(15)19/h1-2,5,7,12,15-16,18H,3-4,6,8-11H2. The van der Waals surface area contributed by atoms with Gasteiger partial charge in [0.1, 0.15) is 5.58 Å². The molecule has 1 aromatic heterocycles. The average Bonchev–Trinajstić information content (AvgIpc) is 3.09. The smallest absolute Gasteiger partial charge is 0.134 e. The van der Waals surface area contributed by atoms with Gasteiger partial charge in [-0.25, -0.2) is 0 Å². The molecule has 0 radical (unpaired) electrons. The van der Waals surface area contributed by atoms with Gasteiger partial charge in [0, 0.05) is 36.1 Å². The van der Waals surface area contributed by atoms with Gasteiger partial charge < -0.3 is 9.73 Å². The van der Waals surface area contributed by atoms with E-state index in [0.29, 0.717) is 6.04 Å². The summed E-state index contributed by atoms with van der Waals surface area (Å²) < 4.78 is 5.62. The molecule has 2 aliphatic heterocycles. The van der Waals surface area contributed by atoms with E-state index >= 15 is 0 Å². The van der Waals surface area contributed by atoms with Gasteiger partial charge in [0.15, 0.2) is 0 Å². The van der Waals surface area contributed by atoms with Crippen LogP contribution in [0.15, 0.2) is 34.9 Å². The lowest BCUT2D eigenvalue weighted by atomic mass is 9.99. The van der Waals surface area contributed by atoms with Crippen molar-refractivity contribution in [2.45, 2.75) is 44.3 Å². The summed E-state index contributed by atoms with van der Waals surface area (Å²) in [6.07, 6.45) is 7.35. The molecule has 106 valence electrons. The van der Waals surface area contributed by atoms with Crippen LogP contribution in [-0.2, 0) is 6.54 Å². The molecule has 0 bridgehead atoms. The molecule has 2 aromatic rings.